The third-order valence-electron chi connectivity index (χ3n) is 6.65. The number of benzene rings is 3. The minimum absolute atomic E-state index is 0.00122. The molecule has 3 aromatic carbocycles. The molecule has 1 atom stereocenters. The van der Waals surface area contributed by atoms with Crippen LogP contribution in [0.2, 0.25) is 0 Å². The number of allylic oxidation sites excluding steroid dienone is 1. The molecular weight excluding hydrogens is 454 g/mol. The lowest BCUT2D eigenvalue weighted by atomic mass is 9.83. The van der Waals surface area contributed by atoms with Gasteiger partial charge in [0.1, 0.15) is 0 Å². The molecule has 172 valence electrons. The zero-order chi connectivity index (χ0) is 23.8. The Bertz CT molecular complexity index is 1420. The molecule has 0 radical (unpaired) electrons. The molecule has 0 bridgehead atoms. The molecule has 3 aliphatic rings. The summed E-state index contributed by atoms with van der Waals surface area (Å²) in [6.07, 6.45) is 5.32. The molecule has 0 spiro atoms. The minimum Gasteiger partial charge on any atom is -0.308 e. The topological polar surface area (TPSA) is 58.7 Å². The van der Waals surface area contributed by atoms with Gasteiger partial charge in [-0.25, -0.2) is 4.99 Å². The van der Waals surface area contributed by atoms with E-state index in [1.165, 1.54) is 28.3 Å². The maximum Gasteiger partial charge on any atom is 0.270 e. The molecule has 1 aliphatic carbocycles. The fraction of sp³-hybridized carbons (Fsp3) is 0.138. The van der Waals surface area contributed by atoms with Crippen LogP contribution in [0.15, 0.2) is 112 Å². The lowest BCUT2D eigenvalue weighted by Crippen LogP contribution is -2.34. The molecule has 6 rings (SSSR count). The number of hydrogen-bond donors (Lipinski definition) is 0. The molecular formula is C29H23N3O2S. The summed E-state index contributed by atoms with van der Waals surface area (Å²) in [5.74, 6) is 0. The van der Waals surface area contributed by atoms with Crippen LogP contribution in [-0.2, 0) is 0 Å². The number of hydrogen-bond acceptors (Lipinski definition) is 5. The summed E-state index contributed by atoms with van der Waals surface area (Å²) in [4.78, 5) is 18.6. The van der Waals surface area contributed by atoms with E-state index in [2.05, 4.69) is 64.9 Å². The maximum atomic E-state index is 11.4. The summed E-state index contributed by atoms with van der Waals surface area (Å²) >= 11 is 1.59. The monoisotopic (exact) mass is 477 g/mol. The highest BCUT2D eigenvalue weighted by Gasteiger charge is 2.40. The lowest BCUT2D eigenvalue weighted by Gasteiger charge is -2.40. The second kappa shape index (κ2) is 9.04. The molecule has 0 saturated heterocycles. The molecule has 0 unspecified atom stereocenters. The Hall–Kier alpha value is -3.90. The van der Waals surface area contributed by atoms with Crippen LogP contribution in [0.4, 0.5) is 5.69 Å². The first kappa shape index (κ1) is 21.6. The van der Waals surface area contributed by atoms with Gasteiger partial charge in [-0.15, -0.1) is 0 Å². The standard InChI is InChI=1S/C29H23N3O2S/c33-32(34)24-15-7-13-22(18-24)26-19-35-29-30-27-23(17-20-9-3-1-4-10-20)14-8-16-25(27)28(31(26)29)21-11-5-2-6-12-21/h1-7,9-13,15,17-19,28H,8,14,16H2/b23-17+/t28-/m1/s1. The van der Waals surface area contributed by atoms with E-state index in [0.717, 1.165) is 41.4 Å². The number of aliphatic imine (C=N–C) groups is 1. The van der Waals surface area contributed by atoms with Gasteiger partial charge in [0, 0.05) is 23.1 Å². The van der Waals surface area contributed by atoms with Gasteiger partial charge in [0.15, 0.2) is 5.17 Å². The number of nitro groups is 1. The smallest absolute Gasteiger partial charge is 0.270 e. The predicted molar refractivity (Wildman–Crippen MR) is 142 cm³/mol. The Kier molecular flexibility index (Phi) is 5.58. The summed E-state index contributed by atoms with van der Waals surface area (Å²) in [6, 6.07) is 27.8. The van der Waals surface area contributed by atoms with Crippen molar-refractivity contribution in [2.45, 2.75) is 25.3 Å². The molecule has 6 heteroatoms. The van der Waals surface area contributed by atoms with Crippen LogP contribution in [0.1, 0.15) is 42.0 Å². The second-order valence-corrected chi connectivity index (χ2v) is 9.65. The first-order valence-corrected chi connectivity index (χ1v) is 12.6. The Morgan fingerprint density at radius 2 is 1.74 bits per heavy atom. The number of thioether (sulfide) groups is 1. The summed E-state index contributed by atoms with van der Waals surface area (Å²) in [5.41, 5.74) is 7.95. The molecule has 0 N–H and O–H groups in total. The van der Waals surface area contributed by atoms with Gasteiger partial charge >= 0.3 is 0 Å². The van der Waals surface area contributed by atoms with Crippen LogP contribution in [0.5, 0.6) is 0 Å². The van der Waals surface area contributed by atoms with E-state index in [1.807, 2.05) is 18.2 Å². The largest absolute Gasteiger partial charge is 0.308 e. The van der Waals surface area contributed by atoms with Crippen LogP contribution >= 0.6 is 11.8 Å². The van der Waals surface area contributed by atoms with Crippen molar-refractivity contribution in [1.82, 2.24) is 4.90 Å². The van der Waals surface area contributed by atoms with Crippen LogP contribution in [-0.4, -0.2) is 15.0 Å². The van der Waals surface area contributed by atoms with Crippen molar-refractivity contribution in [2.24, 2.45) is 4.99 Å². The van der Waals surface area contributed by atoms with Gasteiger partial charge in [-0.2, -0.15) is 0 Å². The number of amidine groups is 1. The van der Waals surface area contributed by atoms with Gasteiger partial charge in [-0.05, 0) is 47.6 Å². The molecule has 2 heterocycles. The van der Waals surface area contributed by atoms with E-state index in [0.29, 0.717) is 0 Å². The van der Waals surface area contributed by atoms with Crippen LogP contribution in [0, 0.1) is 10.1 Å². The number of fused-ring (bicyclic) bond motifs is 1. The molecule has 2 aliphatic heterocycles. The van der Waals surface area contributed by atoms with E-state index in [4.69, 9.17) is 4.99 Å². The lowest BCUT2D eigenvalue weighted by molar-refractivity contribution is -0.384. The Morgan fingerprint density at radius 3 is 2.51 bits per heavy atom. The van der Waals surface area contributed by atoms with Crippen molar-refractivity contribution in [3.8, 4) is 0 Å². The van der Waals surface area contributed by atoms with Crippen molar-refractivity contribution >= 4 is 34.4 Å². The quantitative estimate of drug-likeness (QED) is 0.287. The van der Waals surface area contributed by atoms with E-state index >= 15 is 0 Å². The highest BCUT2D eigenvalue weighted by atomic mass is 32.2. The van der Waals surface area contributed by atoms with Gasteiger partial charge in [-0.3, -0.25) is 10.1 Å². The van der Waals surface area contributed by atoms with Crippen LogP contribution in [0.25, 0.3) is 11.8 Å². The summed E-state index contributed by atoms with van der Waals surface area (Å²) in [6.45, 7) is 0. The van der Waals surface area contributed by atoms with Crippen molar-refractivity contribution in [2.75, 3.05) is 0 Å². The number of non-ortho nitro benzene ring substituents is 1. The first-order valence-electron chi connectivity index (χ1n) is 11.7. The van der Waals surface area contributed by atoms with E-state index in [9.17, 15) is 10.1 Å². The molecule has 0 amide bonds. The average molecular weight is 478 g/mol. The molecule has 5 nitrogen and oxygen atoms in total. The van der Waals surface area contributed by atoms with Crippen LogP contribution in [0.3, 0.4) is 0 Å². The zero-order valence-corrected chi connectivity index (χ0v) is 19.8. The highest BCUT2D eigenvalue weighted by Crippen LogP contribution is 2.51. The van der Waals surface area contributed by atoms with Crippen molar-refractivity contribution < 1.29 is 4.92 Å². The van der Waals surface area contributed by atoms with Crippen molar-refractivity contribution in [3.05, 3.63) is 134 Å². The third-order valence-corrected chi connectivity index (χ3v) is 7.49. The fourth-order valence-electron chi connectivity index (χ4n) is 5.09. The average Bonchev–Trinajstić information content (AvgIpc) is 3.32. The Labute approximate surface area is 208 Å². The van der Waals surface area contributed by atoms with E-state index < -0.39 is 0 Å². The summed E-state index contributed by atoms with van der Waals surface area (Å²) in [5, 5.41) is 14.4. The number of nitrogens with zero attached hydrogens (tertiary/aromatic N) is 3. The second-order valence-electron chi connectivity index (χ2n) is 8.81. The Balaban J connectivity index is 1.48. The van der Waals surface area contributed by atoms with E-state index in [-0.39, 0.29) is 16.7 Å². The van der Waals surface area contributed by atoms with Gasteiger partial charge in [0.25, 0.3) is 5.69 Å². The first-order chi connectivity index (χ1) is 17.2. The SMILES string of the molecule is O=[N+]([O-])c1cccc(C2=CSC3=NC4=C(CCC/C4=C\c4ccccc4)[C@@H](c4ccccc4)N23)c1. The minimum atomic E-state index is -0.339. The van der Waals surface area contributed by atoms with E-state index in [1.54, 1.807) is 23.9 Å². The van der Waals surface area contributed by atoms with Crippen molar-refractivity contribution in [1.29, 1.82) is 0 Å². The zero-order valence-electron chi connectivity index (χ0n) is 19.0. The molecule has 0 saturated carbocycles. The van der Waals surface area contributed by atoms with Gasteiger partial charge in [-0.1, -0.05) is 84.6 Å². The Morgan fingerprint density at radius 1 is 0.971 bits per heavy atom. The molecule has 0 fully saturated rings. The molecule has 35 heavy (non-hydrogen) atoms. The fourth-order valence-corrected chi connectivity index (χ4v) is 6.02. The third kappa shape index (κ3) is 4.00. The molecule has 3 aromatic rings. The maximum absolute atomic E-state index is 11.4. The highest BCUT2D eigenvalue weighted by molar-refractivity contribution is 8.16. The summed E-state index contributed by atoms with van der Waals surface area (Å²) in [7, 11) is 0. The summed E-state index contributed by atoms with van der Waals surface area (Å²) < 4.78 is 0. The number of nitro benzene ring substituents is 1. The molecule has 0 aromatic heterocycles. The van der Waals surface area contributed by atoms with Gasteiger partial charge in [0.2, 0.25) is 0 Å². The number of rotatable bonds is 4. The van der Waals surface area contributed by atoms with Gasteiger partial charge in [0.05, 0.1) is 22.4 Å². The normalized spacial score (nSPS) is 20.3. The van der Waals surface area contributed by atoms with Crippen LogP contribution < -0.4 is 0 Å². The van der Waals surface area contributed by atoms with Gasteiger partial charge < -0.3 is 4.90 Å². The van der Waals surface area contributed by atoms with Crippen molar-refractivity contribution in [3.63, 3.8) is 0 Å². The predicted octanol–water partition coefficient (Wildman–Crippen LogP) is 7.57.